The molecule has 0 saturated heterocycles. The molecule has 0 fully saturated rings. The molecule has 0 aliphatic carbocycles. The van der Waals surface area contributed by atoms with Crippen molar-refractivity contribution in [1.82, 2.24) is 9.71 Å². The lowest BCUT2D eigenvalue weighted by Crippen LogP contribution is -2.20. The first-order valence-electron chi connectivity index (χ1n) is 8.70. The van der Waals surface area contributed by atoms with E-state index in [1.807, 2.05) is 30.3 Å². The van der Waals surface area contributed by atoms with Gasteiger partial charge in [-0.1, -0.05) is 36.4 Å². The molecule has 0 radical (unpaired) electrons. The van der Waals surface area contributed by atoms with Crippen molar-refractivity contribution in [2.24, 2.45) is 0 Å². The molecule has 0 aliphatic rings. The molecule has 28 heavy (non-hydrogen) atoms. The minimum atomic E-state index is -3.61. The number of sulfonamides is 1. The normalized spacial score (nSPS) is 11.2. The van der Waals surface area contributed by atoms with Crippen molar-refractivity contribution < 1.29 is 13.2 Å². The molecule has 3 aromatic rings. The highest BCUT2D eigenvalue weighted by molar-refractivity contribution is 7.89. The maximum atomic E-state index is 12.7. The van der Waals surface area contributed by atoms with E-state index in [0.717, 1.165) is 11.3 Å². The van der Waals surface area contributed by atoms with Crippen molar-refractivity contribution in [3.8, 4) is 11.3 Å². The van der Waals surface area contributed by atoms with Crippen LogP contribution in [-0.4, -0.2) is 26.4 Å². The fourth-order valence-electron chi connectivity index (χ4n) is 2.85. The number of rotatable bonds is 5. The van der Waals surface area contributed by atoms with Gasteiger partial charge in [0.1, 0.15) is 0 Å². The van der Waals surface area contributed by atoms with Crippen molar-refractivity contribution in [3.63, 3.8) is 0 Å². The molecule has 6 nitrogen and oxygen atoms in total. The van der Waals surface area contributed by atoms with Crippen LogP contribution in [0.2, 0.25) is 0 Å². The molecule has 0 aliphatic heterocycles. The van der Waals surface area contributed by atoms with Crippen LogP contribution in [0.4, 0.5) is 5.69 Å². The number of nitrogens with one attached hydrogen (secondary N) is 2. The SMILES string of the molecule is CNS(=O)(=O)c1cc(NC(=O)c2ccc(-c3ccccc3)nc2C)ccc1C. The summed E-state index contributed by atoms with van der Waals surface area (Å²) in [5, 5.41) is 2.75. The number of aryl methyl sites for hydroxylation is 2. The topological polar surface area (TPSA) is 88.2 Å². The second kappa shape index (κ2) is 7.92. The zero-order valence-corrected chi connectivity index (χ0v) is 16.7. The smallest absolute Gasteiger partial charge is 0.257 e. The molecule has 0 spiro atoms. The molecule has 1 heterocycles. The quantitative estimate of drug-likeness (QED) is 0.692. The molecule has 2 N–H and O–H groups in total. The Hall–Kier alpha value is -3.03. The third kappa shape index (κ3) is 4.11. The molecule has 1 aromatic heterocycles. The van der Waals surface area contributed by atoms with Crippen molar-refractivity contribution in [3.05, 3.63) is 77.5 Å². The van der Waals surface area contributed by atoms with Crippen LogP contribution in [0.25, 0.3) is 11.3 Å². The van der Waals surface area contributed by atoms with E-state index in [-0.39, 0.29) is 10.8 Å². The summed E-state index contributed by atoms with van der Waals surface area (Å²) >= 11 is 0. The zero-order chi connectivity index (χ0) is 20.3. The van der Waals surface area contributed by atoms with Crippen LogP contribution in [0, 0.1) is 13.8 Å². The first kappa shape index (κ1) is 19.7. The van der Waals surface area contributed by atoms with Gasteiger partial charge in [-0.25, -0.2) is 13.1 Å². The number of hydrogen-bond acceptors (Lipinski definition) is 4. The molecular weight excluding hydrogens is 374 g/mol. The Bertz CT molecular complexity index is 1130. The number of aromatic nitrogens is 1. The Morgan fingerprint density at radius 2 is 1.68 bits per heavy atom. The maximum absolute atomic E-state index is 12.7. The van der Waals surface area contributed by atoms with Crippen LogP contribution in [0.3, 0.4) is 0 Å². The lowest BCUT2D eigenvalue weighted by molar-refractivity contribution is 0.102. The standard InChI is InChI=1S/C21H21N3O3S/c1-14-9-10-17(13-20(14)28(26,27)22-3)24-21(25)18-11-12-19(23-15(18)2)16-7-5-4-6-8-16/h4-13,22H,1-3H3,(H,24,25). The lowest BCUT2D eigenvalue weighted by atomic mass is 10.1. The summed E-state index contributed by atoms with van der Waals surface area (Å²) in [6.45, 7) is 3.47. The molecule has 2 aromatic carbocycles. The highest BCUT2D eigenvalue weighted by Gasteiger charge is 2.17. The molecule has 0 unspecified atom stereocenters. The predicted octanol–water partition coefficient (Wildman–Crippen LogP) is 3.53. The van der Waals surface area contributed by atoms with Gasteiger partial charge >= 0.3 is 0 Å². The van der Waals surface area contributed by atoms with E-state index < -0.39 is 10.0 Å². The van der Waals surface area contributed by atoms with Crippen LogP contribution in [0.1, 0.15) is 21.6 Å². The largest absolute Gasteiger partial charge is 0.322 e. The molecule has 144 valence electrons. The summed E-state index contributed by atoms with van der Waals surface area (Å²) in [6, 6.07) is 18.0. The first-order valence-corrected chi connectivity index (χ1v) is 10.2. The predicted molar refractivity (Wildman–Crippen MR) is 110 cm³/mol. The van der Waals surface area contributed by atoms with Crippen molar-refractivity contribution in [2.45, 2.75) is 18.7 Å². The lowest BCUT2D eigenvalue weighted by Gasteiger charge is -2.12. The molecule has 3 rings (SSSR count). The number of hydrogen-bond donors (Lipinski definition) is 2. The summed E-state index contributed by atoms with van der Waals surface area (Å²) in [6.07, 6.45) is 0. The summed E-state index contributed by atoms with van der Waals surface area (Å²) in [5.74, 6) is -0.346. The second-order valence-corrected chi connectivity index (χ2v) is 8.19. The minimum Gasteiger partial charge on any atom is -0.322 e. The second-order valence-electron chi connectivity index (χ2n) is 6.34. The Labute approximate surface area is 164 Å². The number of anilines is 1. The van der Waals surface area contributed by atoms with E-state index in [1.165, 1.54) is 13.1 Å². The van der Waals surface area contributed by atoms with Crippen LogP contribution in [0.15, 0.2) is 65.6 Å². The van der Waals surface area contributed by atoms with Gasteiger partial charge in [0.15, 0.2) is 0 Å². The average molecular weight is 395 g/mol. The summed E-state index contributed by atoms with van der Waals surface area (Å²) in [5.41, 5.74) is 3.77. The first-order chi connectivity index (χ1) is 13.3. The summed E-state index contributed by atoms with van der Waals surface area (Å²) in [4.78, 5) is 17.3. The van der Waals surface area contributed by atoms with Gasteiger partial charge in [-0.15, -0.1) is 0 Å². The van der Waals surface area contributed by atoms with Gasteiger partial charge in [-0.3, -0.25) is 9.78 Å². The Morgan fingerprint density at radius 3 is 2.32 bits per heavy atom. The molecular formula is C21H21N3O3S. The molecule has 0 bridgehead atoms. The third-order valence-electron chi connectivity index (χ3n) is 4.40. The number of carbonyl (C=O) groups is 1. The van der Waals surface area contributed by atoms with Crippen molar-refractivity contribution >= 4 is 21.6 Å². The van der Waals surface area contributed by atoms with Gasteiger partial charge in [0.2, 0.25) is 10.0 Å². The van der Waals surface area contributed by atoms with Gasteiger partial charge in [0, 0.05) is 11.3 Å². The Morgan fingerprint density at radius 1 is 0.964 bits per heavy atom. The maximum Gasteiger partial charge on any atom is 0.257 e. The highest BCUT2D eigenvalue weighted by atomic mass is 32.2. The van der Waals surface area contributed by atoms with Crippen LogP contribution < -0.4 is 10.0 Å². The minimum absolute atomic E-state index is 0.127. The van der Waals surface area contributed by atoms with Gasteiger partial charge in [0.25, 0.3) is 5.91 Å². The number of benzene rings is 2. The van der Waals surface area contributed by atoms with E-state index in [0.29, 0.717) is 22.5 Å². The van der Waals surface area contributed by atoms with Crippen LogP contribution in [0.5, 0.6) is 0 Å². The number of carbonyl (C=O) groups excluding carboxylic acids is 1. The van der Waals surface area contributed by atoms with Crippen LogP contribution in [-0.2, 0) is 10.0 Å². The van der Waals surface area contributed by atoms with E-state index in [9.17, 15) is 13.2 Å². The fourth-order valence-corrected chi connectivity index (χ4v) is 3.84. The monoisotopic (exact) mass is 395 g/mol. The Kier molecular flexibility index (Phi) is 5.58. The average Bonchev–Trinajstić information content (AvgIpc) is 2.69. The summed E-state index contributed by atoms with van der Waals surface area (Å²) in [7, 11) is -2.26. The van der Waals surface area contributed by atoms with Gasteiger partial charge in [-0.2, -0.15) is 0 Å². The van der Waals surface area contributed by atoms with E-state index in [2.05, 4.69) is 15.0 Å². The zero-order valence-electron chi connectivity index (χ0n) is 15.9. The number of amides is 1. The van der Waals surface area contributed by atoms with Crippen molar-refractivity contribution in [2.75, 3.05) is 12.4 Å². The fraction of sp³-hybridized carbons (Fsp3) is 0.143. The van der Waals surface area contributed by atoms with Crippen molar-refractivity contribution in [1.29, 1.82) is 0 Å². The van der Waals surface area contributed by atoms with Gasteiger partial charge < -0.3 is 5.32 Å². The molecule has 0 atom stereocenters. The van der Waals surface area contributed by atoms with E-state index in [4.69, 9.17) is 0 Å². The van der Waals surface area contributed by atoms with Crippen LogP contribution >= 0.6 is 0 Å². The Balaban J connectivity index is 1.87. The molecule has 7 heteroatoms. The molecule has 0 saturated carbocycles. The van der Waals surface area contributed by atoms with E-state index >= 15 is 0 Å². The molecule has 1 amide bonds. The third-order valence-corrected chi connectivity index (χ3v) is 5.96. The van der Waals surface area contributed by atoms with Gasteiger partial charge in [-0.05, 0) is 50.7 Å². The van der Waals surface area contributed by atoms with E-state index in [1.54, 1.807) is 38.1 Å². The van der Waals surface area contributed by atoms with Gasteiger partial charge in [0.05, 0.1) is 21.8 Å². The summed E-state index contributed by atoms with van der Waals surface area (Å²) < 4.78 is 26.5. The number of nitrogens with zero attached hydrogens (tertiary/aromatic N) is 1. The highest BCUT2D eigenvalue weighted by Crippen LogP contribution is 2.22. The number of pyridine rings is 1.